The maximum atomic E-state index is 13.8. The van der Waals surface area contributed by atoms with Gasteiger partial charge in [0.1, 0.15) is 5.92 Å². The van der Waals surface area contributed by atoms with Crippen LogP contribution in [0.1, 0.15) is 18.5 Å². The van der Waals surface area contributed by atoms with Gasteiger partial charge in [0, 0.05) is 0 Å². The van der Waals surface area contributed by atoms with Crippen molar-refractivity contribution < 1.29 is 42.0 Å². The molecule has 12 heteroatoms. The average molecular weight is 438 g/mol. The van der Waals surface area contributed by atoms with E-state index in [-0.39, 0.29) is 29.4 Å². The summed E-state index contributed by atoms with van der Waals surface area (Å²) in [6.45, 7) is 1.25. The van der Waals surface area contributed by atoms with Gasteiger partial charge in [0.05, 0.1) is 34.0 Å². The number of alkyl halides is 3. The molecule has 3 atom stereocenters. The zero-order chi connectivity index (χ0) is 22.0. The molecular formula is C17H21F3N2O6S. The molecule has 1 aromatic rings. The third-order valence-electron chi connectivity index (χ3n) is 4.39. The molecule has 1 aliphatic rings. The fourth-order valence-corrected chi connectivity index (χ4v) is 3.38. The lowest BCUT2D eigenvalue weighted by atomic mass is 9.82. The molecule has 162 valence electrons. The Labute approximate surface area is 170 Å². The molecule has 1 saturated heterocycles. The third-order valence-corrected chi connectivity index (χ3v) is 4.61. The molecule has 0 spiro atoms. The van der Waals surface area contributed by atoms with Crippen LogP contribution in [-0.2, 0) is 9.53 Å². The van der Waals surface area contributed by atoms with Gasteiger partial charge in [-0.1, -0.05) is 0 Å². The van der Waals surface area contributed by atoms with Crippen molar-refractivity contribution in [1.82, 2.24) is 10.6 Å². The summed E-state index contributed by atoms with van der Waals surface area (Å²) in [5.41, 5.74) is -3.53. The van der Waals surface area contributed by atoms with Crippen molar-refractivity contribution in [2.75, 3.05) is 27.9 Å². The normalized spacial score (nSPS) is 24.2. The highest BCUT2D eigenvalue weighted by Crippen LogP contribution is 2.46. The predicted octanol–water partition coefficient (Wildman–Crippen LogP) is 1.66. The minimum absolute atomic E-state index is 0.129. The van der Waals surface area contributed by atoms with Crippen LogP contribution in [0, 0.1) is 5.92 Å². The zero-order valence-electron chi connectivity index (χ0n) is 16.0. The largest absolute Gasteiger partial charge is 0.493 e. The number of carbonyl (C=O) groups excluding carboxylic acids is 1. The number of hydrogen-bond donors (Lipinski definition) is 3. The number of hydrogen-bond acceptors (Lipinski definition) is 7. The second-order valence-electron chi connectivity index (χ2n) is 6.03. The second-order valence-corrected chi connectivity index (χ2v) is 6.44. The molecule has 0 saturated carbocycles. The molecule has 0 unspecified atom stereocenters. The molecule has 0 radical (unpaired) electrons. The van der Waals surface area contributed by atoms with Crippen LogP contribution in [0.2, 0.25) is 0 Å². The fourth-order valence-electron chi connectivity index (χ4n) is 3.10. The quantitative estimate of drug-likeness (QED) is 0.453. The molecule has 0 aliphatic carbocycles. The van der Waals surface area contributed by atoms with E-state index in [1.807, 2.05) is 0 Å². The molecule has 0 amide bonds. The molecule has 29 heavy (non-hydrogen) atoms. The van der Waals surface area contributed by atoms with Crippen LogP contribution in [0.3, 0.4) is 0 Å². The Morgan fingerprint density at radius 3 is 2.17 bits per heavy atom. The smallest absolute Gasteiger partial charge is 0.437 e. The number of esters is 1. The summed E-state index contributed by atoms with van der Waals surface area (Å²) in [6, 6.07) is 1.30. The van der Waals surface area contributed by atoms with E-state index in [0.717, 1.165) is 0 Å². The maximum absolute atomic E-state index is 13.8. The Kier molecular flexibility index (Phi) is 6.68. The van der Waals surface area contributed by atoms with Crippen LogP contribution in [-0.4, -0.2) is 56.0 Å². The number of benzene rings is 1. The summed E-state index contributed by atoms with van der Waals surface area (Å²) >= 11 is 4.85. The highest BCUT2D eigenvalue weighted by Gasteiger charge is 2.66. The van der Waals surface area contributed by atoms with Crippen LogP contribution in [0.15, 0.2) is 12.1 Å². The Bertz CT molecular complexity index is 766. The highest BCUT2D eigenvalue weighted by atomic mass is 32.1. The van der Waals surface area contributed by atoms with Crippen molar-refractivity contribution in [2.45, 2.75) is 24.9 Å². The number of ether oxygens (including phenoxy) is 4. The van der Waals surface area contributed by atoms with Crippen LogP contribution in [0.25, 0.3) is 0 Å². The standard InChI is InChI=1S/C17H21F3N2O6S/c1-5-28-14(23)11-12(21-15(29)22-16(11,24)17(18,19)20)8-6-9(25-2)13(27-4)10(7-8)26-3/h6-7,11-12,24H,5H2,1-4H3,(H2,21,22,29)/t11-,12+,16-/m0/s1. The number of thiocarbonyl (C=S) groups is 1. The number of aliphatic hydroxyl groups is 1. The maximum Gasteiger partial charge on any atom is 0.437 e. The predicted molar refractivity (Wildman–Crippen MR) is 98.8 cm³/mol. The van der Waals surface area contributed by atoms with E-state index in [9.17, 15) is 23.1 Å². The van der Waals surface area contributed by atoms with E-state index in [1.165, 1.54) is 40.4 Å². The van der Waals surface area contributed by atoms with Crippen molar-refractivity contribution >= 4 is 23.3 Å². The first-order chi connectivity index (χ1) is 13.5. The van der Waals surface area contributed by atoms with Gasteiger partial charge in [-0.05, 0) is 36.8 Å². The van der Waals surface area contributed by atoms with Crippen LogP contribution in [0.5, 0.6) is 17.2 Å². The lowest BCUT2D eigenvalue weighted by Gasteiger charge is -2.45. The second kappa shape index (κ2) is 8.49. The van der Waals surface area contributed by atoms with E-state index >= 15 is 0 Å². The molecule has 3 N–H and O–H groups in total. The first kappa shape index (κ1) is 22.8. The molecule has 1 fully saturated rings. The minimum atomic E-state index is -5.24. The average Bonchev–Trinajstić information content (AvgIpc) is 2.65. The molecule has 1 aromatic carbocycles. The molecule has 0 bridgehead atoms. The van der Waals surface area contributed by atoms with Crippen molar-refractivity contribution in [3.63, 3.8) is 0 Å². The number of methoxy groups -OCH3 is 3. The number of rotatable bonds is 6. The third kappa shape index (κ3) is 4.13. The lowest BCUT2D eigenvalue weighted by molar-refractivity contribution is -0.292. The Morgan fingerprint density at radius 1 is 1.21 bits per heavy atom. The summed E-state index contributed by atoms with van der Waals surface area (Å²) in [5, 5.41) is 14.3. The van der Waals surface area contributed by atoms with Gasteiger partial charge in [0.25, 0.3) is 5.72 Å². The molecule has 2 rings (SSSR count). The van der Waals surface area contributed by atoms with E-state index in [0.29, 0.717) is 0 Å². The van der Waals surface area contributed by atoms with E-state index < -0.39 is 34.9 Å². The topological polar surface area (TPSA) is 98.3 Å². The van der Waals surface area contributed by atoms with E-state index in [4.69, 9.17) is 31.2 Å². The molecule has 1 aliphatic heterocycles. The van der Waals surface area contributed by atoms with Gasteiger partial charge in [-0.15, -0.1) is 0 Å². The van der Waals surface area contributed by atoms with Gasteiger partial charge in [0.15, 0.2) is 16.6 Å². The summed E-state index contributed by atoms with van der Waals surface area (Å²) in [7, 11) is 4.02. The first-order valence-electron chi connectivity index (χ1n) is 8.38. The molecule has 0 aromatic heterocycles. The summed E-state index contributed by atoms with van der Waals surface area (Å²) in [5.74, 6) is -2.91. The highest BCUT2D eigenvalue weighted by molar-refractivity contribution is 7.80. The monoisotopic (exact) mass is 438 g/mol. The number of halogens is 3. The SMILES string of the molecule is CCOC(=O)[C@@H]1[C@@H](c2cc(OC)c(OC)c(OC)c2)NC(=S)N[C@@]1(O)C(F)(F)F. The zero-order valence-corrected chi connectivity index (χ0v) is 16.9. The van der Waals surface area contributed by atoms with Gasteiger partial charge in [-0.3, -0.25) is 4.79 Å². The summed E-state index contributed by atoms with van der Waals surface area (Å²) in [4.78, 5) is 12.5. The van der Waals surface area contributed by atoms with Gasteiger partial charge in [-0.25, -0.2) is 0 Å². The van der Waals surface area contributed by atoms with E-state index in [1.54, 1.807) is 5.32 Å². The van der Waals surface area contributed by atoms with Crippen molar-refractivity contribution in [1.29, 1.82) is 0 Å². The van der Waals surface area contributed by atoms with Crippen molar-refractivity contribution in [2.24, 2.45) is 5.92 Å². The number of nitrogens with one attached hydrogen (secondary N) is 2. The van der Waals surface area contributed by atoms with Crippen molar-refractivity contribution in [3.8, 4) is 17.2 Å². The van der Waals surface area contributed by atoms with Crippen LogP contribution in [0.4, 0.5) is 13.2 Å². The van der Waals surface area contributed by atoms with Crippen LogP contribution < -0.4 is 24.8 Å². The van der Waals surface area contributed by atoms with E-state index in [2.05, 4.69) is 5.32 Å². The summed E-state index contributed by atoms with van der Waals surface area (Å²) < 4.78 is 61.8. The van der Waals surface area contributed by atoms with Crippen molar-refractivity contribution in [3.05, 3.63) is 17.7 Å². The molecule has 8 nitrogen and oxygen atoms in total. The molecular weight excluding hydrogens is 417 g/mol. The van der Waals surface area contributed by atoms with Gasteiger partial charge in [-0.2, -0.15) is 13.2 Å². The lowest BCUT2D eigenvalue weighted by Crippen LogP contribution is -2.73. The Hall–Kier alpha value is -2.47. The van der Waals surface area contributed by atoms with Gasteiger partial charge in [0.2, 0.25) is 5.75 Å². The summed E-state index contributed by atoms with van der Waals surface area (Å²) in [6.07, 6.45) is -5.24. The minimum Gasteiger partial charge on any atom is -0.493 e. The Balaban J connectivity index is 2.70. The van der Waals surface area contributed by atoms with Crippen LogP contribution >= 0.6 is 12.2 Å². The molecule has 1 heterocycles. The Morgan fingerprint density at radius 2 is 1.76 bits per heavy atom. The number of carbonyl (C=O) groups is 1. The fraction of sp³-hybridized carbons (Fsp3) is 0.529. The van der Waals surface area contributed by atoms with Gasteiger partial charge >= 0.3 is 12.1 Å². The first-order valence-corrected chi connectivity index (χ1v) is 8.79. The van der Waals surface area contributed by atoms with Gasteiger partial charge < -0.3 is 34.7 Å².